The van der Waals surface area contributed by atoms with Gasteiger partial charge in [-0.15, -0.1) is 0 Å². The Bertz CT molecular complexity index is 797. The van der Waals surface area contributed by atoms with Gasteiger partial charge in [0.05, 0.1) is 18.2 Å². The van der Waals surface area contributed by atoms with Gasteiger partial charge in [-0.05, 0) is 17.7 Å². The molecule has 0 aliphatic rings. The third kappa shape index (κ3) is 2.62. The van der Waals surface area contributed by atoms with Gasteiger partial charge in [0, 0.05) is 12.6 Å². The zero-order valence-corrected chi connectivity index (χ0v) is 12.2. The number of nitrogens with zero attached hydrogens (tertiary/aromatic N) is 2. The Balaban J connectivity index is 2.03. The van der Waals surface area contributed by atoms with E-state index >= 15 is 0 Å². The van der Waals surface area contributed by atoms with Gasteiger partial charge < -0.3 is 9.14 Å². The second-order valence-electron chi connectivity index (χ2n) is 4.64. The second kappa shape index (κ2) is 5.58. The highest BCUT2D eigenvalue weighted by Gasteiger charge is 2.13. The van der Waals surface area contributed by atoms with Crippen LogP contribution in [0.15, 0.2) is 48.7 Å². The van der Waals surface area contributed by atoms with Gasteiger partial charge >= 0.3 is 5.97 Å². The van der Waals surface area contributed by atoms with Crippen LogP contribution in [-0.2, 0) is 11.2 Å². The van der Waals surface area contributed by atoms with E-state index in [-0.39, 0.29) is 5.97 Å². The zero-order chi connectivity index (χ0) is 14.8. The summed E-state index contributed by atoms with van der Waals surface area (Å²) < 4.78 is 6.61. The van der Waals surface area contributed by atoms with Gasteiger partial charge in [-0.2, -0.15) is 0 Å². The van der Waals surface area contributed by atoms with Crippen LogP contribution in [0, 0.1) is 0 Å². The number of ether oxygens (including phenoxy) is 1. The summed E-state index contributed by atoms with van der Waals surface area (Å²) in [6.45, 7) is 0. The molecule has 3 rings (SSSR count). The number of benzene rings is 1. The summed E-state index contributed by atoms with van der Waals surface area (Å²) >= 11 is 6.18. The number of pyridine rings is 1. The van der Waals surface area contributed by atoms with E-state index in [2.05, 4.69) is 4.98 Å². The highest BCUT2D eigenvalue weighted by atomic mass is 35.5. The highest BCUT2D eigenvalue weighted by molar-refractivity contribution is 6.32. The number of carbonyl (C=O) groups is 1. The SMILES string of the molecule is COC(=O)c1ccn2c(Cc3ccccc3)nc(Cl)c2c1. The molecule has 0 radical (unpaired) electrons. The van der Waals surface area contributed by atoms with E-state index in [9.17, 15) is 4.79 Å². The first kappa shape index (κ1) is 13.6. The topological polar surface area (TPSA) is 43.6 Å². The Morgan fingerprint density at radius 3 is 2.76 bits per heavy atom. The standard InChI is InChI=1S/C16H13ClN2O2/c1-21-16(20)12-7-8-19-13(10-12)15(17)18-14(19)9-11-5-3-2-4-6-11/h2-8,10H,9H2,1H3. The Morgan fingerprint density at radius 1 is 1.29 bits per heavy atom. The summed E-state index contributed by atoms with van der Waals surface area (Å²) in [5.74, 6) is 0.442. The quantitative estimate of drug-likeness (QED) is 0.697. The first-order valence-electron chi connectivity index (χ1n) is 6.48. The van der Waals surface area contributed by atoms with Crippen LogP contribution in [0.1, 0.15) is 21.7 Å². The maximum atomic E-state index is 11.6. The molecular weight excluding hydrogens is 288 g/mol. The molecule has 0 saturated carbocycles. The molecule has 0 spiro atoms. The van der Waals surface area contributed by atoms with E-state index in [1.165, 1.54) is 7.11 Å². The number of fused-ring (bicyclic) bond motifs is 1. The lowest BCUT2D eigenvalue weighted by atomic mass is 10.1. The lowest BCUT2D eigenvalue weighted by molar-refractivity contribution is 0.0600. The van der Waals surface area contributed by atoms with Crippen molar-refractivity contribution in [2.24, 2.45) is 0 Å². The lowest BCUT2D eigenvalue weighted by Gasteiger charge is -2.03. The fourth-order valence-electron chi connectivity index (χ4n) is 2.26. The minimum absolute atomic E-state index is 0.381. The maximum absolute atomic E-state index is 11.6. The summed E-state index contributed by atoms with van der Waals surface area (Å²) in [4.78, 5) is 16.0. The van der Waals surface area contributed by atoms with E-state index in [1.807, 2.05) is 34.7 Å². The van der Waals surface area contributed by atoms with Crippen LogP contribution < -0.4 is 0 Å². The van der Waals surface area contributed by atoms with Gasteiger partial charge in [-0.1, -0.05) is 41.9 Å². The molecule has 0 aliphatic carbocycles. The number of rotatable bonds is 3. The van der Waals surface area contributed by atoms with E-state index < -0.39 is 0 Å². The summed E-state index contributed by atoms with van der Waals surface area (Å²) in [7, 11) is 1.35. The number of hydrogen-bond acceptors (Lipinski definition) is 3. The third-order valence-corrected chi connectivity index (χ3v) is 3.58. The van der Waals surface area contributed by atoms with Gasteiger partial charge in [0.2, 0.25) is 0 Å². The van der Waals surface area contributed by atoms with Crippen molar-refractivity contribution in [3.8, 4) is 0 Å². The average Bonchev–Trinajstić information content (AvgIpc) is 2.83. The van der Waals surface area contributed by atoms with Crippen molar-refractivity contribution in [1.29, 1.82) is 0 Å². The summed E-state index contributed by atoms with van der Waals surface area (Å²) in [5.41, 5.74) is 2.31. The fourth-order valence-corrected chi connectivity index (χ4v) is 2.50. The molecule has 5 heteroatoms. The molecule has 1 aromatic carbocycles. The zero-order valence-electron chi connectivity index (χ0n) is 11.4. The molecule has 0 saturated heterocycles. The molecular formula is C16H13ClN2O2. The van der Waals surface area contributed by atoms with Crippen LogP contribution in [0.3, 0.4) is 0 Å². The minimum Gasteiger partial charge on any atom is -0.465 e. The second-order valence-corrected chi connectivity index (χ2v) is 5.00. The first-order chi connectivity index (χ1) is 10.2. The van der Waals surface area contributed by atoms with Crippen LogP contribution in [0.4, 0.5) is 0 Å². The molecule has 0 bridgehead atoms. The molecule has 0 aliphatic heterocycles. The smallest absolute Gasteiger partial charge is 0.337 e. The van der Waals surface area contributed by atoms with E-state index in [0.717, 1.165) is 11.4 Å². The Hall–Kier alpha value is -2.33. The third-order valence-electron chi connectivity index (χ3n) is 3.30. The first-order valence-corrected chi connectivity index (χ1v) is 6.85. The number of methoxy groups -OCH3 is 1. The minimum atomic E-state index is -0.389. The van der Waals surface area contributed by atoms with Crippen molar-refractivity contribution in [3.63, 3.8) is 0 Å². The van der Waals surface area contributed by atoms with Gasteiger partial charge in [0.25, 0.3) is 0 Å². The molecule has 0 fully saturated rings. The maximum Gasteiger partial charge on any atom is 0.337 e. The summed E-state index contributed by atoms with van der Waals surface area (Å²) in [5, 5.41) is 0.381. The van der Waals surface area contributed by atoms with Gasteiger partial charge in [0.15, 0.2) is 5.15 Å². The van der Waals surface area contributed by atoms with Crippen LogP contribution in [-0.4, -0.2) is 22.5 Å². The molecule has 0 unspecified atom stereocenters. The molecule has 0 amide bonds. The van der Waals surface area contributed by atoms with Crippen LogP contribution in [0.2, 0.25) is 5.15 Å². The number of hydrogen-bond donors (Lipinski definition) is 0. The highest BCUT2D eigenvalue weighted by Crippen LogP contribution is 2.21. The summed E-state index contributed by atoms with van der Waals surface area (Å²) in [6.07, 6.45) is 2.46. The van der Waals surface area contributed by atoms with Crippen molar-refractivity contribution in [3.05, 3.63) is 70.8 Å². The number of imidazole rings is 1. The predicted molar refractivity (Wildman–Crippen MR) is 80.8 cm³/mol. The molecule has 2 aromatic heterocycles. The van der Waals surface area contributed by atoms with Crippen LogP contribution in [0.25, 0.3) is 5.52 Å². The van der Waals surface area contributed by atoms with Crippen LogP contribution in [0.5, 0.6) is 0 Å². The van der Waals surface area contributed by atoms with Crippen LogP contribution >= 0.6 is 11.6 Å². The summed E-state index contributed by atoms with van der Waals surface area (Å²) in [6, 6.07) is 13.4. The number of halogens is 1. The Morgan fingerprint density at radius 2 is 2.05 bits per heavy atom. The number of carbonyl (C=O) groups excluding carboxylic acids is 1. The molecule has 2 heterocycles. The van der Waals surface area contributed by atoms with E-state index in [1.54, 1.807) is 18.3 Å². The number of esters is 1. The average molecular weight is 301 g/mol. The van der Waals surface area contributed by atoms with E-state index in [4.69, 9.17) is 16.3 Å². The molecule has 21 heavy (non-hydrogen) atoms. The Labute approximate surface area is 126 Å². The molecule has 106 valence electrons. The fraction of sp³-hybridized carbons (Fsp3) is 0.125. The van der Waals surface area contributed by atoms with Crippen molar-refractivity contribution in [2.45, 2.75) is 6.42 Å². The predicted octanol–water partition coefficient (Wildman–Crippen LogP) is 3.37. The normalized spacial score (nSPS) is 10.8. The van der Waals surface area contributed by atoms with Crippen molar-refractivity contribution in [1.82, 2.24) is 9.38 Å². The van der Waals surface area contributed by atoms with Crippen molar-refractivity contribution in [2.75, 3.05) is 7.11 Å². The van der Waals surface area contributed by atoms with Gasteiger partial charge in [-0.3, -0.25) is 0 Å². The van der Waals surface area contributed by atoms with Crippen molar-refractivity contribution >= 4 is 23.1 Å². The van der Waals surface area contributed by atoms with Gasteiger partial charge in [-0.25, -0.2) is 9.78 Å². The van der Waals surface area contributed by atoms with E-state index in [0.29, 0.717) is 22.7 Å². The van der Waals surface area contributed by atoms with Crippen molar-refractivity contribution < 1.29 is 9.53 Å². The molecule has 4 nitrogen and oxygen atoms in total. The number of aromatic nitrogens is 2. The molecule has 0 atom stereocenters. The monoisotopic (exact) mass is 300 g/mol. The lowest BCUT2D eigenvalue weighted by Crippen LogP contribution is -2.02. The largest absolute Gasteiger partial charge is 0.465 e. The Kier molecular flexibility index (Phi) is 3.62. The molecule has 0 N–H and O–H groups in total. The molecule has 3 aromatic rings. The van der Waals surface area contributed by atoms with Gasteiger partial charge in [0.1, 0.15) is 5.82 Å².